The van der Waals surface area contributed by atoms with Crippen LogP contribution in [0.25, 0.3) is 0 Å². The number of guanidine groups is 1. The molecule has 1 aliphatic rings. The minimum atomic E-state index is -3.13. The summed E-state index contributed by atoms with van der Waals surface area (Å²) in [6.07, 6.45) is -2.86. The fourth-order valence-electron chi connectivity index (χ4n) is 3.09. The van der Waals surface area contributed by atoms with Crippen LogP contribution in [0.15, 0.2) is 41.4 Å². The first-order valence-electron chi connectivity index (χ1n) is 8.65. The second-order valence-corrected chi connectivity index (χ2v) is 6.82. The Morgan fingerprint density at radius 2 is 1.77 bits per heavy atom. The highest BCUT2D eigenvalue weighted by Crippen LogP contribution is 2.43. The molecule has 31 heavy (non-hydrogen) atoms. The zero-order chi connectivity index (χ0) is 22.9. The van der Waals surface area contributed by atoms with E-state index in [-0.39, 0.29) is 27.9 Å². The van der Waals surface area contributed by atoms with Gasteiger partial charge >= 0.3 is 6.61 Å². The first-order chi connectivity index (χ1) is 14.6. The first-order valence-corrected chi connectivity index (χ1v) is 9.03. The Balaban J connectivity index is 2.16. The highest BCUT2D eigenvalue weighted by Gasteiger charge is 2.50. The van der Waals surface area contributed by atoms with Gasteiger partial charge < -0.3 is 15.2 Å². The van der Waals surface area contributed by atoms with Crippen molar-refractivity contribution < 1.29 is 36.2 Å². The van der Waals surface area contributed by atoms with Crippen molar-refractivity contribution in [1.82, 2.24) is 4.90 Å². The number of alkyl halides is 4. The third kappa shape index (κ3) is 4.22. The number of nitrogens with two attached hydrogens (primary N) is 1. The summed E-state index contributed by atoms with van der Waals surface area (Å²) in [6.45, 7) is -4.20. The van der Waals surface area contributed by atoms with Crippen LogP contribution in [0.3, 0.4) is 0 Å². The van der Waals surface area contributed by atoms with E-state index < -0.39 is 42.7 Å². The van der Waals surface area contributed by atoms with Gasteiger partial charge in [0.2, 0.25) is 0 Å². The molecule has 3 rings (SSSR count). The molecular formula is C19H15ClF5N3O3. The van der Waals surface area contributed by atoms with Gasteiger partial charge in [0.15, 0.2) is 23.1 Å². The molecule has 1 atom stereocenters. The highest BCUT2D eigenvalue weighted by molar-refractivity contribution is 6.32. The predicted molar refractivity (Wildman–Crippen MR) is 101 cm³/mol. The number of carbonyl (C=O) groups is 1. The van der Waals surface area contributed by atoms with E-state index in [1.807, 2.05) is 0 Å². The molecule has 0 saturated carbocycles. The number of amides is 1. The number of ether oxygens (including phenoxy) is 2. The Morgan fingerprint density at radius 1 is 1.13 bits per heavy atom. The van der Waals surface area contributed by atoms with Crippen molar-refractivity contribution in [1.29, 1.82) is 0 Å². The van der Waals surface area contributed by atoms with Crippen molar-refractivity contribution in [3.05, 3.63) is 58.4 Å². The summed E-state index contributed by atoms with van der Waals surface area (Å²) in [6, 6.07) is 6.72. The molecule has 12 heteroatoms. The van der Waals surface area contributed by atoms with Crippen LogP contribution >= 0.6 is 11.6 Å². The Hall–Kier alpha value is -3.08. The van der Waals surface area contributed by atoms with Crippen LogP contribution in [0.5, 0.6) is 11.5 Å². The lowest BCUT2D eigenvalue weighted by Crippen LogP contribution is -2.41. The van der Waals surface area contributed by atoms with Crippen molar-refractivity contribution in [3.8, 4) is 11.5 Å². The number of benzene rings is 2. The molecule has 0 fully saturated rings. The molecule has 6 nitrogen and oxygen atoms in total. The molecule has 0 bridgehead atoms. The quantitative estimate of drug-likeness (QED) is 0.634. The van der Waals surface area contributed by atoms with Crippen LogP contribution in [0, 0.1) is 5.82 Å². The van der Waals surface area contributed by atoms with Gasteiger partial charge in [-0.25, -0.2) is 18.2 Å². The number of nitrogens with zero attached hydrogens (tertiary/aromatic N) is 2. The normalized spacial score (nSPS) is 18.7. The first kappa shape index (κ1) is 22.6. The van der Waals surface area contributed by atoms with E-state index in [1.165, 1.54) is 25.2 Å². The molecule has 0 aromatic heterocycles. The van der Waals surface area contributed by atoms with Crippen LogP contribution in [0.4, 0.5) is 22.0 Å². The third-order valence-corrected chi connectivity index (χ3v) is 4.81. The largest absolute Gasteiger partial charge is 0.485 e. The van der Waals surface area contributed by atoms with E-state index in [1.54, 1.807) is 0 Å². The van der Waals surface area contributed by atoms with Crippen molar-refractivity contribution in [2.75, 3.05) is 13.7 Å². The molecule has 2 aromatic rings. The average molecular weight is 464 g/mol. The molecule has 2 aromatic carbocycles. The minimum Gasteiger partial charge on any atom is -0.485 e. The van der Waals surface area contributed by atoms with E-state index in [0.29, 0.717) is 0 Å². The zero-order valence-corrected chi connectivity index (χ0v) is 16.5. The smallest absolute Gasteiger partial charge is 0.387 e. The van der Waals surface area contributed by atoms with Gasteiger partial charge in [-0.15, -0.1) is 0 Å². The van der Waals surface area contributed by atoms with Crippen molar-refractivity contribution >= 4 is 23.5 Å². The van der Waals surface area contributed by atoms with Crippen LogP contribution in [0.1, 0.15) is 11.1 Å². The second kappa shape index (κ2) is 8.58. The third-order valence-electron chi connectivity index (χ3n) is 4.52. The standard InChI is InChI=1S/C19H15ClF5N3O3/c1-28-16(29)19(27-18(28)26,9-3-5-13(11(20)6-9)31-17(24)25)10-2-4-12(21)14(7-10)30-8-15(22)23/h2-7,15,17H,8H2,1H3,(H2,26,27). The molecule has 1 heterocycles. The minimum absolute atomic E-state index is 0.0362. The summed E-state index contributed by atoms with van der Waals surface area (Å²) in [5.41, 5.74) is 4.06. The fraction of sp³-hybridized carbons (Fsp3) is 0.263. The predicted octanol–water partition coefficient (Wildman–Crippen LogP) is 3.75. The van der Waals surface area contributed by atoms with Crippen LogP contribution < -0.4 is 15.2 Å². The Morgan fingerprint density at radius 3 is 2.32 bits per heavy atom. The summed E-state index contributed by atoms with van der Waals surface area (Å²) < 4.78 is 73.3. The van der Waals surface area contributed by atoms with Gasteiger partial charge in [0, 0.05) is 7.05 Å². The lowest BCUT2D eigenvalue weighted by atomic mass is 9.82. The average Bonchev–Trinajstić information content (AvgIpc) is 2.93. The molecule has 1 unspecified atom stereocenters. The van der Waals surface area contributed by atoms with Gasteiger partial charge in [-0.2, -0.15) is 8.78 Å². The van der Waals surface area contributed by atoms with Crippen LogP contribution in [-0.2, 0) is 10.3 Å². The molecule has 0 saturated heterocycles. The maximum atomic E-state index is 14.1. The Bertz CT molecular complexity index is 1040. The maximum Gasteiger partial charge on any atom is 0.387 e. The SMILES string of the molecule is CN1C(=O)C(c2ccc(OC(F)F)c(Cl)c2)(c2ccc(F)c(OCC(F)F)c2)N=C1N. The number of rotatable bonds is 7. The number of hydrogen-bond donors (Lipinski definition) is 1. The maximum absolute atomic E-state index is 14.1. The van der Waals surface area contributed by atoms with Gasteiger partial charge in [-0.3, -0.25) is 9.69 Å². The number of aliphatic imine (C=N–C) groups is 1. The summed E-state index contributed by atoms with van der Waals surface area (Å²) in [5, 5.41) is -0.246. The van der Waals surface area contributed by atoms with Crippen molar-refractivity contribution in [2.24, 2.45) is 10.7 Å². The molecule has 0 aliphatic carbocycles. The topological polar surface area (TPSA) is 77.2 Å². The fourth-order valence-corrected chi connectivity index (χ4v) is 3.32. The zero-order valence-electron chi connectivity index (χ0n) is 15.8. The van der Waals surface area contributed by atoms with Crippen LogP contribution in [0.2, 0.25) is 5.02 Å². The van der Waals surface area contributed by atoms with Crippen LogP contribution in [-0.4, -0.2) is 43.5 Å². The molecule has 0 radical (unpaired) electrons. The summed E-state index contributed by atoms with van der Waals surface area (Å²) in [4.78, 5) is 18.4. The second-order valence-electron chi connectivity index (χ2n) is 6.42. The number of carbonyl (C=O) groups excluding carboxylic acids is 1. The highest BCUT2D eigenvalue weighted by atomic mass is 35.5. The monoisotopic (exact) mass is 463 g/mol. The van der Waals surface area contributed by atoms with E-state index >= 15 is 0 Å². The van der Waals surface area contributed by atoms with E-state index in [4.69, 9.17) is 22.1 Å². The lowest BCUT2D eigenvalue weighted by Gasteiger charge is -2.27. The summed E-state index contributed by atoms with van der Waals surface area (Å²) >= 11 is 6.03. The van der Waals surface area contributed by atoms with Gasteiger partial charge in [-0.1, -0.05) is 23.7 Å². The van der Waals surface area contributed by atoms with E-state index in [0.717, 1.165) is 23.1 Å². The molecule has 2 N–H and O–H groups in total. The van der Waals surface area contributed by atoms with Gasteiger partial charge in [-0.05, 0) is 35.4 Å². The Labute approximate surface area is 178 Å². The number of halogens is 6. The van der Waals surface area contributed by atoms with Gasteiger partial charge in [0.1, 0.15) is 12.4 Å². The summed E-state index contributed by atoms with van der Waals surface area (Å²) in [7, 11) is 1.34. The van der Waals surface area contributed by atoms with E-state index in [2.05, 4.69) is 9.73 Å². The van der Waals surface area contributed by atoms with Gasteiger partial charge in [0.25, 0.3) is 12.3 Å². The molecule has 1 amide bonds. The molecule has 166 valence electrons. The van der Waals surface area contributed by atoms with E-state index in [9.17, 15) is 26.7 Å². The molecule has 0 spiro atoms. The summed E-state index contributed by atoms with van der Waals surface area (Å²) in [5.74, 6) is -2.67. The number of hydrogen-bond acceptors (Lipinski definition) is 5. The van der Waals surface area contributed by atoms with Crippen molar-refractivity contribution in [2.45, 2.75) is 18.6 Å². The lowest BCUT2D eigenvalue weighted by molar-refractivity contribution is -0.129. The van der Waals surface area contributed by atoms with Crippen molar-refractivity contribution in [3.63, 3.8) is 0 Å². The molecular weight excluding hydrogens is 449 g/mol. The van der Waals surface area contributed by atoms with Gasteiger partial charge in [0.05, 0.1) is 5.02 Å². The molecule has 1 aliphatic heterocycles. The number of likely N-dealkylation sites (N-methyl/N-ethyl adjacent to an activating group) is 1. The Kier molecular flexibility index (Phi) is 6.25.